The Morgan fingerprint density at radius 1 is 0.929 bits per heavy atom. The molecule has 2 N–H and O–H groups in total. The zero-order valence-corrected chi connectivity index (χ0v) is 19.1. The number of urea groups is 1. The average Bonchev–Trinajstić information content (AvgIpc) is 2.65. The van der Waals surface area contributed by atoms with Crippen LogP contribution in [-0.4, -0.2) is 12.6 Å². The number of hydrogen-bond donors (Lipinski definition) is 2. The van der Waals surface area contributed by atoms with Gasteiger partial charge in [-0.2, -0.15) is 0 Å². The van der Waals surface area contributed by atoms with E-state index in [0.29, 0.717) is 5.92 Å². The van der Waals surface area contributed by atoms with Crippen molar-refractivity contribution in [2.45, 2.75) is 110 Å². The van der Waals surface area contributed by atoms with Crippen molar-refractivity contribution >= 4 is 6.03 Å². The molecule has 3 heteroatoms. The normalized spacial score (nSPS) is 11.6. The SMILES string of the molecule is CCCCCCCCCCCCNC(=O)NC(C)(C)c1cccc(C(C)C)c1. The number of unbranched alkanes of at least 4 members (excludes halogenated alkanes) is 9. The van der Waals surface area contributed by atoms with Crippen LogP contribution in [0.2, 0.25) is 0 Å². The van der Waals surface area contributed by atoms with E-state index >= 15 is 0 Å². The summed E-state index contributed by atoms with van der Waals surface area (Å²) in [7, 11) is 0. The Morgan fingerprint density at radius 2 is 1.50 bits per heavy atom. The molecule has 0 heterocycles. The van der Waals surface area contributed by atoms with Crippen LogP contribution < -0.4 is 10.6 Å². The zero-order chi connectivity index (χ0) is 20.8. The van der Waals surface area contributed by atoms with Crippen LogP contribution >= 0.6 is 0 Å². The number of rotatable bonds is 14. The third-order valence-electron chi connectivity index (χ3n) is 5.52. The van der Waals surface area contributed by atoms with E-state index in [4.69, 9.17) is 0 Å². The zero-order valence-electron chi connectivity index (χ0n) is 19.1. The van der Waals surface area contributed by atoms with Crippen LogP contribution in [0.1, 0.15) is 116 Å². The first-order valence-electron chi connectivity index (χ1n) is 11.5. The third kappa shape index (κ3) is 10.1. The lowest BCUT2D eigenvalue weighted by Gasteiger charge is -2.28. The summed E-state index contributed by atoms with van der Waals surface area (Å²) in [5, 5.41) is 6.15. The third-order valence-corrected chi connectivity index (χ3v) is 5.52. The first kappa shape index (κ1) is 24.5. The number of carbonyl (C=O) groups is 1. The van der Waals surface area contributed by atoms with E-state index in [1.54, 1.807) is 0 Å². The first-order valence-corrected chi connectivity index (χ1v) is 11.5. The van der Waals surface area contributed by atoms with Crippen molar-refractivity contribution in [3.63, 3.8) is 0 Å². The number of amides is 2. The number of carbonyl (C=O) groups excluding carboxylic acids is 1. The Morgan fingerprint density at radius 3 is 2.07 bits per heavy atom. The van der Waals surface area contributed by atoms with Crippen molar-refractivity contribution in [3.8, 4) is 0 Å². The van der Waals surface area contributed by atoms with Crippen molar-refractivity contribution in [1.29, 1.82) is 0 Å². The molecule has 0 aliphatic rings. The van der Waals surface area contributed by atoms with Crippen LogP contribution in [-0.2, 0) is 5.54 Å². The van der Waals surface area contributed by atoms with Crippen LogP contribution in [0, 0.1) is 0 Å². The molecule has 0 aliphatic carbocycles. The van der Waals surface area contributed by atoms with Gasteiger partial charge in [-0.1, -0.05) is 103 Å². The van der Waals surface area contributed by atoms with Crippen LogP contribution in [0.4, 0.5) is 4.79 Å². The molecule has 0 spiro atoms. The second-order valence-corrected chi connectivity index (χ2v) is 8.97. The number of benzene rings is 1. The van der Waals surface area contributed by atoms with Gasteiger partial charge >= 0.3 is 6.03 Å². The fourth-order valence-corrected chi connectivity index (χ4v) is 3.50. The largest absolute Gasteiger partial charge is 0.338 e. The van der Waals surface area contributed by atoms with Gasteiger partial charge in [0.15, 0.2) is 0 Å². The predicted octanol–water partition coefficient (Wildman–Crippen LogP) is 7.27. The molecule has 0 aromatic heterocycles. The predicted molar refractivity (Wildman–Crippen MR) is 122 cm³/mol. The summed E-state index contributed by atoms with van der Waals surface area (Å²) < 4.78 is 0. The van der Waals surface area contributed by atoms with Gasteiger partial charge in [-0.25, -0.2) is 4.79 Å². The van der Waals surface area contributed by atoms with E-state index in [1.807, 2.05) is 0 Å². The number of hydrogen-bond acceptors (Lipinski definition) is 1. The minimum Gasteiger partial charge on any atom is -0.338 e. The second kappa shape index (κ2) is 13.6. The maximum Gasteiger partial charge on any atom is 0.315 e. The van der Waals surface area contributed by atoms with Gasteiger partial charge in [0.1, 0.15) is 0 Å². The molecule has 28 heavy (non-hydrogen) atoms. The molecule has 0 bridgehead atoms. The molecule has 1 aromatic rings. The van der Waals surface area contributed by atoms with Gasteiger partial charge in [0.25, 0.3) is 0 Å². The molecule has 2 amide bonds. The lowest BCUT2D eigenvalue weighted by molar-refractivity contribution is 0.229. The van der Waals surface area contributed by atoms with Crippen molar-refractivity contribution < 1.29 is 4.79 Å². The van der Waals surface area contributed by atoms with E-state index in [1.165, 1.54) is 63.4 Å². The molecule has 0 radical (unpaired) electrons. The van der Waals surface area contributed by atoms with Gasteiger partial charge < -0.3 is 10.6 Å². The molecular formula is C25H44N2O. The van der Waals surface area contributed by atoms with Gasteiger partial charge in [0, 0.05) is 6.54 Å². The smallest absolute Gasteiger partial charge is 0.315 e. The van der Waals surface area contributed by atoms with Crippen LogP contribution in [0.5, 0.6) is 0 Å². The maximum absolute atomic E-state index is 12.3. The molecule has 1 aromatic carbocycles. The Bertz CT molecular complexity index is 551. The lowest BCUT2D eigenvalue weighted by atomic mass is 9.90. The van der Waals surface area contributed by atoms with E-state index in [-0.39, 0.29) is 11.6 Å². The maximum atomic E-state index is 12.3. The van der Waals surface area contributed by atoms with E-state index in [2.05, 4.69) is 69.5 Å². The minimum absolute atomic E-state index is 0.0733. The second-order valence-electron chi connectivity index (χ2n) is 8.97. The highest BCUT2D eigenvalue weighted by molar-refractivity contribution is 5.74. The van der Waals surface area contributed by atoms with Gasteiger partial charge in [0.2, 0.25) is 0 Å². The molecule has 0 saturated heterocycles. The molecular weight excluding hydrogens is 344 g/mol. The van der Waals surface area contributed by atoms with E-state index < -0.39 is 0 Å². The molecule has 0 atom stereocenters. The van der Waals surface area contributed by atoms with Crippen LogP contribution in [0.25, 0.3) is 0 Å². The van der Waals surface area contributed by atoms with Crippen molar-refractivity contribution in [3.05, 3.63) is 35.4 Å². The fourth-order valence-electron chi connectivity index (χ4n) is 3.50. The van der Waals surface area contributed by atoms with E-state index in [0.717, 1.165) is 18.5 Å². The summed E-state index contributed by atoms with van der Waals surface area (Å²) in [6, 6.07) is 8.45. The quantitative estimate of drug-likeness (QED) is 0.323. The van der Waals surface area contributed by atoms with Crippen LogP contribution in [0.3, 0.4) is 0 Å². The lowest BCUT2D eigenvalue weighted by Crippen LogP contribution is -2.46. The average molecular weight is 389 g/mol. The molecule has 0 saturated carbocycles. The molecule has 0 unspecified atom stereocenters. The van der Waals surface area contributed by atoms with E-state index in [9.17, 15) is 4.79 Å². The van der Waals surface area contributed by atoms with Gasteiger partial charge in [-0.05, 0) is 37.3 Å². The monoisotopic (exact) mass is 388 g/mol. The van der Waals surface area contributed by atoms with Crippen molar-refractivity contribution in [1.82, 2.24) is 10.6 Å². The van der Waals surface area contributed by atoms with Gasteiger partial charge in [0.05, 0.1) is 5.54 Å². The van der Waals surface area contributed by atoms with Crippen molar-refractivity contribution in [2.75, 3.05) is 6.54 Å². The molecule has 0 aliphatic heterocycles. The molecule has 1 rings (SSSR count). The summed E-state index contributed by atoms with van der Waals surface area (Å²) in [6.45, 7) is 11.5. The topological polar surface area (TPSA) is 41.1 Å². The summed E-state index contributed by atoms with van der Waals surface area (Å²) in [5.74, 6) is 0.487. The Labute approximate surface area is 174 Å². The fraction of sp³-hybridized carbons (Fsp3) is 0.720. The van der Waals surface area contributed by atoms with Gasteiger partial charge in [-0.15, -0.1) is 0 Å². The Kier molecular flexibility index (Phi) is 11.9. The van der Waals surface area contributed by atoms with Crippen LogP contribution in [0.15, 0.2) is 24.3 Å². The highest BCUT2D eigenvalue weighted by Crippen LogP contribution is 2.24. The molecule has 0 fully saturated rings. The summed E-state index contributed by atoms with van der Waals surface area (Å²) in [6.07, 6.45) is 13.1. The summed E-state index contributed by atoms with van der Waals surface area (Å²) in [5.41, 5.74) is 2.07. The molecule has 3 nitrogen and oxygen atoms in total. The highest BCUT2D eigenvalue weighted by atomic mass is 16.2. The summed E-state index contributed by atoms with van der Waals surface area (Å²) >= 11 is 0. The summed E-state index contributed by atoms with van der Waals surface area (Å²) in [4.78, 5) is 12.3. The number of nitrogens with one attached hydrogen (secondary N) is 2. The minimum atomic E-state index is -0.382. The Balaban J connectivity index is 2.18. The standard InChI is InChI=1S/C25H44N2O/c1-6-7-8-9-10-11-12-13-14-15-19-26-24(28)27-25(4,5)23-18-16-17-22(20-23)21(2)3/h16-18,20-21H,6-15,19H2,1-5H3,(H2,26,27,28). The first-order chi connectivity index (χ1) is 13.4. The Hall–Kier alpha value is -1.51. The van der Waals surface area contributed by atoms with Gasteiger partial charge in [-0.3, -0.25) is 0 Å². The molecule has 160 valence electrons. The van der Waals surface area contributed by atoms with Crippen molar-refractivity contribution in [2.24, 2.45) is 0 Å². The highest BCUT2D eigenvalue weighted by Gasteiger charge is 2.23.